The summed E-state index contributed by atoms with van der Waals surface area (Å²) in [5, 5.41) is 5.12. The zero-order valence-electron chi connectivity index (χ0n) is 37.1. The molecule has 8 aromatic carbocycles. The Bertz CT molecular complexity index is 2740. The fourth-order valence-electron chi connectivity index (χ4n) is 8.88. The van der Waals surface area contributed by atoms with Crippen LogP contribution in [-0.4, -0.2) is 16.7 Å². The molecular weight excluding hydrogens is 761 g/mol. The minimum Gasteiger partial charge on any atom is -0.220 e. The SMILES string of the molecule is CC.CC(c1cc(-c2ccccc2-c2ccccc2)cc(-c2ccc(-c3ccccc3)cc2-c2ccccc2)c1)(C1C=CC=CC1)N1CN1Cc1ccccc1.Cc1ccccc1. The van der Waals surface area contributed by atoms with E-state index < -0.39 is 0 Å². The van der Waals surface area contributed by atoms with E-state index in [1.165, 1.54) is 72.3 Å². The summed E-state index contributed by atoms with van der Waals surface area (Å²) in [5.41, 5.74) is 15.9. The van der Waals surface area contributed by atoms with E-state index >= 15 is 0 Å². The number of rotatable bonds is 10. The van der Waals surface area contributed by atoms with Gasteiger partial charge < -0.3 is 0 Å². The van der Waals surface area contributed by atoms with Crippen LogP contribution in [0.2, 0.25) is 0 Å². The second-order valence-corrected chi connectivity index (χ2v) is 16.4. The first kappa shape index (κ1) is 42.8. The van der Waals surface area contributed by atoms with Gasteiger partial charge in [0, 0.05) is 12.5 Å². The highest BCUT2D eigenvalue weighted by atomic mass is 15.8. The van der Waals surface area contributed by atoms with E-state index in [4.69, 9.17) is 0 Å². The summed E-state index contributed by atoms with van der Waals surface area (Å²) in [6, 6.07) is 76.8. The maximum absolute atomic E-state index is 2.61. The lowest BCUT2D eigenvalue weighted by Gasteiger charge is -2.39. The van der Waals surface area contributed by atoms with Crippen molar-refractivity contribution in [3.8, 4) is 55.6 Å². The Balaban J connectivity index is 0.000000547. The highest BCUT2D eigenvalue weighted by Gasteiger charge is 2.50. The minimum absolute atomic E-state index is 0.292. The monoisotopic (exact) mass is 818 g/mol. The Morgan fingerprint density at radius 3 is 1.49 bits per heavy atom. The smallest absolute Gasteiger partial charge is 0.0802 e. The molecule has 0 amide bonds. The first-order valence-corrected chi connectivity index (χ1v) is 22.5. The second-order valence-electron chi connectivity index (χ2n) is 16.4. The lowest BCUT2D eigenvalue weighted by molar-refractivity contribution is 0.0976. The molecule has 0 N–H and O–H groups in total. The quantitative estimate of drug-likeness (QED) is 0.127. The maximum Gasteiger partial charge on any atom is 0.0802 e. The molecule has 2 aliphatic rings. The molecule has 1 heterocycles. The molecule has 4 atom stereocenters. The van der Waals surface area contributed by atoms with E-state index in [1.807, 2.05) is 32.0 Å². The topological polar surface area (TPSA) is 6.02 Å². The van der Waals surface area contributed by atoms with E-state index in [0.717, 1.165) is 19.6 Å². The number of hydrazine groups is 1. The molecule has 1 fully saturated rings. The van der Waals surface area contributed by atoms with Crippen molar-refractivity contribution in [2.24, 2.45) is 5.92 Å². The third-order valence-electron chi connectivity index (χ3n) is 12.3. The molecule has 0 bridgehead atoms. The summed E-state index contributed by atoms with van der Waals surface area (Å²) < 4.78 is 0. The van der Waals surface area contributed by atoms with Crippen molar-refractivity contribution < 1.29 is 0 Å². The standard InChI is InChI=1S/C52H44N2.C7H8.C2H6/c1-52(46-27-15-6-16-28-46,54-38-53(54)37-39-19-7-2-8-20-39)47-34-44(49-30-18-17-29-48(49)41-23-11-4-12-24-41)33-45(35-47)50-32-31-43(40-21-9-3-10-22-40)36-51(50)42-25-13-5-14-26-42;1-7-5-3-2-4-6-7;1-2/h2-27,29-36,46H,28,37-38H2,1H3;2-6H,1H3;1-2H3. The van der Waals surface area contributed by atoms with Crippen LogP contribution in [0.1, 0.15) is 43.9 Å². The van der Waals surface area contributed by atoms with Crippen LogP contribution in [0.5, 0.6) is 0 Å². The van der Waals surface area contributed by atoms with Crippen molar-refractivity contribution in [2.75, 3.05) is 6.67 Å². The van der Waals surface area contributed by atoms with E-state index in [1.54, 1.807) is 0 Å². The Labute approximate surface area is 376 Å². The molecule has 8 aromatic rings. The third-order valence-corrected chi connectivity index (χ3v) is 12.3. The molecular formula is C61H58N2. The summed E-state index contributed by atoms with van der Waals surface area (Å²) in [4.78, 5) is 0. The van der Waals surface area contributed by atoms with Gasteiger partial charge in [-0.1, -0.05) is 232 Å². The molecule has 2 nitrogen and oxygen atoms in total. The van der Waals surface area contributed by atoms with Gasteiger partial charge in [0.1, 0.15) is 0 Å². The minimum atomic E-state index is -0.292. The van der Waals surface area contributed by atoms with E-state index in [9.17, 15) is 0 Å². The van der Waals surface area contributed by atoms with Gasteiger partial charge in [-0.25, -0.2) is 10.0 Å². The fourth-order valence-corrected chi connectivity index (χ4v) is 8.88. The summed E-state index contributed by atoms with van der Waals surface area (Å²) >= 11 is 0. The molecule has 1 aliphatic carbocycles. The highest BCUT2D eigenvalue weighted by Crippen LogP contribution is 2.49. The van der Waals surface area contributed by atoms with Gasteiger partial charge in [0.2, 0.25) is 0 Å². The molecule has 0 aromatic heterocycles. The predicted molar refractivity (Wildman–Crippen MR) is 269 cm³/mol. The molecule has 0 saturated carbocycles. The summed E-state index contributed by atoms with van der Waals surface area (Å²) in [6.45, 7) is 10.4. The molecule has 312 valence electrons. The highest BCUT2D eigenvalue weighted by molar-refractivity contribution is 5.91. The average molecular weight is 819 g/mol. The zero-order valence-corrected chi connectivity index (χ0v) is 37.1. The van der Waals surface area contributed by atoms with E-state index in [0.29, 0.717) is 5.92 Å². The molecule has 10 rings (SSSR count). The van der Waals surface area contributed by atoms with Crippen LogP contribution in [0.15, 0.2) is 237 Å². The van der Waals surface area contributed by atoms with Crippen molar-refractivity contribution in [1.82, 2.24) is 10.0 Å². The normalized spacial score (nSPS) is 17.0. The van der Waals surface area contributed by atoms with Crippen LogP contribution in [0, 0.1) is 12.8 Å². The maximum atomic E-state index is 2.61. The van der Waals surface area contributed by atoms with Gasteiger partial charge in [0.05, 0.1) is 12.2 Å². The van der Waals surface area contributed by atoms with Gasteiger partial charge >= 0.3 is 0 Å². The van der Waals surface area contributed by atoms with Gasteiger partial charge in [-0.3, -0.25) is 0 Å². The Morgan fingerprint density at radius 1 is 0.460 bits per heavy atom. The van der Waals surface area contributed by atoms with Gasteiger partial charge in [0.15, 0.2) is 0 Å². The summed E-state index contributed by atoms with van der Waals surface area (Å²) in [5.74, 6) is 0.296. The van der Waals surface area contributed by atoms with Gasteiger partial charge in [-0.15, -0.1) is 0 Å². The van der Waals surface area contributed by atoms with Crippen LogP contribution in [0.3, 0.4) is 0 Å². The number of benzene rings is 8. The summed E-state index contributed by atoms with van der Waals surface area (Å²) in [6.07, 6.45) is 10.2. The third kappa shape index (κ3) is 9.95. The number of nitrogens with zero attached hydrogens (tertiary/aromatic N) is 2. The lowest BCUT2D eigenvalue weighted by Crippen LogP contribution is -2.41. The molecule has 0 spiro atoms. The zero-order chi connectivity index (χ0) is 43.4. The van der Waals surface area contributed by atoms with Crippen molar-refractivity contribution in [3.05, 3.63) is 253 Å². The lowest BCUT2D eigenvalue weighted by atomic mass is 9.74. The largest absolute Gasteiger partial charge is 0.220 e. The Kier molecular flexibility index (Phi) is 13.8. The van der Waals surface area contributed by atoms with Crippen LogP contribution in [0.4, 0.5) is 0 Å². The number of allylic oxidation sites excluding steroid dienone is 3. The molecule has 2 heteroatoms. The van der Waals surface area contributed by atoms with Crippen molar-refractivity contribution >= 4 is 0 Å². The number of hydrogen-bond donors (Lipinski definition) is 0. The van der Waals surface area contributed by atoms with Crippen molar-refractivity contribution in [1.29, 1.82) is 0 Å². The van der Waals surface area contributed by atoms with Crippen molar-refractivity contribution in [3.63, 3.8) is 0 Å². The second kappa shape index (κ2) is 20.4. The Hall–Kier alpha value is -6.84. The van der Waals surface area contributed by atoms with Gasteiger partial charge in [-0.2, -0.15) is 0 Å². The van der Waals surface area contributed by atoms with E-state index in [-0.39, 0.29) is 5.54 Å². The molecule has 1 saturated heterocycles. The number of hydrogen-bond acceptors (Lipinski definition) is 2. The fraction of sp³-hybridized carbons (Fsp3) is 0.148. The molecule has 63 heavy (non-hydrogen) atoms. The van der Waals surface area contributed by atoms with E-state index in [2.05, 4.69) is 242 Å². The molecule has 0 radical (unpaired) electrons. The van der Waals surface area contributed by atoms with Gasteiger partial charge in [0.25, 0.3) is 0 Å². The first-order valence-electron chi connectivity index (χ1n) is 22.5. The van der Waals surface area contributed by atoms with Crippen LogP contribution >= 0.6 is 0 Å². The predicted octanol–water partition coefficient (Wildman–Crippen LogP) is 16.1. The molecule has 4 unspecified atom stereocenters. The van der Waals surface area contributed by atoms with Crippen LogP contribution in [-0.2, 0) is 12.1 Å². The van der Waals surface area contributed by atoms with Gasteiger partial charge in [-0.05, 0) is 111 Å². The average Bonchev–Trinajstić information content (AvgIpc) is 4.15. The number of aryl methyl sites for hydroxylation is 1. The first-order chi connectivity index (χ1) is 31.0. The van der Waals surface area contributed by atoms with Crippen molar-refractivity contribution in [2.45, 2.75) is 46.2 Å². The molecule has 1 aliphatic heterocycles. The summed E-state index contributed by atoms with van der Waals surface area (Å²) in [7, 11) is 0. The Morgan fingerprint density at radius 2 is 0.952 bits per heavy atom. The van der Waals surface area contributed by atoms with Crippen LogP contribution in [0.25, 0.3) is 55.6 Å². The van der Waals surface area contributed by atoms with Crippen LogP contribution < -0.4 is 0 Å².